The predicted octanol–water partition coefficient (Wildman–Crippen LogP) is 3.84. The van der Waals surface area contributed by atoms with Crippen molar-refractivity contribution in [1.82, 2.24) is 10.3 Å². The number of anilines is 2. The number of methoxy groups -OCH3 is 2. The summed E-state index contributed by atoms with van der Waals surface area (Å²) in [6, 6.07) is 16.2. The van der Waals surface area contributed by atoms with Gasteiger partial charge >= 0.3 is 0 Å². The van der Waals surface area contributed by atoms with E-state index in [9.17, 15) is 4.79 Å². The van der Waals surface area contributed by atoms with Crippen molar-refractivity contribution >= 4 is 28.3 Å². The SMILES string of the molecule is COc1cc(OC)cc(N2CCC(Nc3cc(C(=O)NC4CC4)c4ccccc4n3)C2)c1. The molecule has 1 saturated heterocycles. The number of nitrogens with one attached hydrogen (secondary N) is 2. The third-order valence-electron chi connectivity index (χ3n) is 6.11. The van der Waals surface area contributed by atoms with Gasteiger partial charge in [-0.25, -0.2) is 4.98 Å². The first kappa shape index (κ1) is 20.4. The van der Waals surface area contributed by atoms with Crippen LogP contribution in [0.4, 0.5) is 11.5 Å². The normalized spacial score (nSPS) is 17.9. The molecule has 2 aliphatic rings. The fourth-order valence-electron chi connectivity index (χ4n) is 4.22. The van der Waals surface area contributed by atoms with Crippen molar-refractivity contribution in [3.05, 3.63) is 54.1 Å². The standard InChI is InChI=1S/C25H28N4O3/c1-31-19-11-18(12-20(13-19)32-2)29-10-9-17(15-29)26-24-14-22(25(30)27-16-7-8-16)21-5-3-4-6-23(21)28-24/h3-6,11-14,16-17H,7-10,15H2,1-2H3,(H,26,28)(H,27,30). The third kappa shape index (κ3) is 4.28. The average molecular weight is 433 g/mol. The number of carbonyl (C=O) groups is 1. The molecule has 1 atom stereocenters. The molecule has 1 saturated carbocycles. The Labute approximate surface area is 187 Å². The largest absolute Gasteiger partial charge is 0.497 e. The number of fused-ring (bicyclic) bond motifs is 1. The van der Waals surface area contributed by atoms with Crippen molar-refractivity contribution < 1.29 is 14.3 Å². The van der Waals surface area contributed by atoms with Crippen molar-refractivity contribution in [3.63, 3.8) is 0 Å². The molecule has 7 nitrogen and oxygen atoms in total. The number of hydrogen-bond acceptors (Lipinski definition) is 6. The first-order chi connectivity index (χ1) is 15.6. The van der Waals surface area contributed by atoms with E-state index in [0.717, 1.165) is 66.3 Å². The third-order valence-corrected chi connectivity index (χ3v) is 6.11. The lowest BCUT2D eigenvalue weighted by Gasteiger charge is -2.21. The molecule has 1 aliphatic carbocycles. The van der Waals surface area contributed by atoms with E-state index in [-0.39, 0.29) is 11.9 Å². The van der Waals surface area contributed by atoms with Crippen LogP contribution in [-0.4, -0.2) is 50.3 Å². The maximum Gasteiger partial charge on any atom is 0.252 e. The van der Waals surface area contributed by atoms with E-state index < -0.39 is 0 Å². The number of hydrogen-bond donors (Lipinski definition) is 2. The van der Waals surface area contributed by atoms with Crippen LogP contribution in [0.3, 0.4) is 0 Å². The number of benzene rings is 2. The minimum Gasteiger partial charge on any atom is -0.497 e. The lowest BCUT2D eigenvalue weighted by atomic mass is 10.1. The summed E-state index contributed by atoms with van der Waals surface area (Å²) in [6.07, 6.45) is 3.09. The fraction of sp³-hybridized carbons (Fsp3) is 0.360. The second-order valence-electron chi connectivity index (χ2n) is 8.47. The van der Waals surface area contributed by atoms with E-state index in [4.69, 9.17) is 14.5 Å². The monoisotopic (exact) mass is 432 g/mol. The minimum atomic E-state index is -0.0225. The van der Waals surface area contributed by atoms with Crippen LogP contribution in [0.5, 0.6) is 11.5 Å². The summed E-state index contributed by atoms with van der Waals surface area (Å²) < 4.78 is 10.8. The van der Waals surface area contributed by atoms with Crippen molar-refractivity contribution in [2.75, 3.05) is 37.5 Å². The van der Waals surface area contributed by atoms with Crippen LogP contribution in [0, 0.1) is 0 Å². The molecule has 1 aliphatic heterocycles. The zero-order valence-corrected chi connectivity index (χ0v) is 18.4. The highest BCUT2D eigenvalue weighted by Gasteiger charge is 2.27. The molecular formula is C25H28N4O3. The van der Waals surface area contributed by atoms with Crippen molar-refractivity contribution in [3.8, 4) is 11.5 Å². The van der Waals surface area contributed by atoms with Crippen LogP contribution in [0.2, 0.25) is 0 Å². The molecule has 166 valence electrons. The Morgan fingerprint density at radius 2 is 1.75 bits per heavy atom. The van der Waals surface area contributed by atoms with E-state index in [1.807, 2.05) is 48.5 Å². The number of nitrogens with zero attached hydrogens (tertiary/aromatic N) is 2. The zero-order valence-electron chi connectivity index (χ0n) is 18.4. The highest BCUT2D eigenvalue weighted by atomic mass is 16.5. The van der Waals surface area contributed by atoms with Gasteiger partial charge in [0, 0.05) is 54.4 Å². The smallest absolute Gasteiger partial charge is 0.252 e. The summed E-state index contributed by atoms with van der Waals surface area (Å²) in [7, 11) is 3.32. The molecule has 7 heteroatoms. The minimum absolute atomic E-state index is 0.0225. The molecule has 1 amide bonds. The Morgan fingerprint density at radius 1 is 1.00 bits per heavy atom. The van der Waals surface area contributed by atoms with E-state index in [1.54, 1.807) is 14.2 Å². The molecule has 2 N–H and O–H groups in total. The maximum absolute atomic E-state index is 12.9. The average Bonchev–Trinajstić information content (AvgIpc) is 3.52. The summed E-state index contributed by atoms with van der Waals surface area (Å²) in [5.41, 5.74) is 2.57. The van der Waals surface area contributed by atoms with Crippen LogP contribution in [0.1, 0.15) is 29.6 Å². The molecule has 2 aromatic carbocycles. The molecule has 1 aromatic heterocycles. The van der Waals surface area contributed by atoms with Gasteiger partial charge in [0.25, 0.3) is 5.91 Å². The number of aromatic nitrogens is 1. The summed E-state index contributed by atoms with van der Waals surface area (Å²) in [5.74, 6) is 2.27. The second-order valence-corrected chi connectivity index (χ2v) is 8.47. The number of carbonyl (C=O) groups excluding carboxylic acids is 1. The highest BCUT2D eigenvalue weighted by molar-refractivity contribution is 6.07. The van der Waals surface area contributed by atoms with Gasteiger partial charge in [0.1, 0.15) is 17.3 Å². The Balaban J connectivity index is 1.35. The topological polar surface area (TPSA) is 75.7 Å². The number of para-hydroxylation sites is 1. The van der Waals surface area contributed by atoms with Gasteiger partial charge in [-0.2, -0.15) is 0 Å². The van der Waals surface area contributed by atoms with E-state index in [2.05, 4.69) is 15.5 Å². The van der Waals surface area contributed by atoms with Gasteiger partial charge < -0.3 is 25.0 Å². The predicted molar refractivity (Wildman–Crippen MR) is 126 cm³/mol. The molecule has 0 spiro atoms. The number of rotatable bonds is 7. The van der Waals surface area contributed by atoms with Gasteiger partial charge in [-0.15, -0.1) is 0 Å². The Kier molecular flexibility index (Phi) is 5.47. The van der Waals surface area contributed by atoms with Crippen LogP contribution in [-0.2, 0) is 0 Å². The van der Waals surface area contributed by atoms with Crippen molar-refractivity contribution in [2.45, 2.75) is 31.3 Å². The van der Waals surface area contributed by atoms with E-state index in [1.165, 1.54) is 0 Å². The van der Waals surface area contributed by atoms with Gasteiger partial charge in [0.2, 0.25) is 0 Å². The summed E-state index contributed by atoms with van der Waals surface area (Å²) in [6.45, 7) is 1.74. The molecule has 2 heterocycles. The lowest BCUT2D eigenvalue weighted by molar-refractivity contribution is 0.0952. The van der Waals surface area contributed by atoms with E-state index in [0.29, 0.717) is 11.6 Å². The van der Waals surface area contributed by atoms with E-state index >= 15 is 0 Å². The summed E-state index contributed by atoms with van der Waals surface area (Å²) in [4.78, 5) is 19.9. The first-order valence-corrected chi connectivity index (χ1v) is 11.1. The zero-order chi connectivity index (χ0) is 22.1. The van der Waals surface area contributed by atoms with Crippen molar-refractivity contribution in [2.24, 2.45) is 0 Å². The number of amides is 1. The fourth-order valence-corrected chi connectivity index (χ4v) is 4.22. The number of ether oxygens (including phenoxy) is 2. The van der Waals surface area contributed by atoms with Crippen molar-refractivity contribution in [1.29, 1.82) is 0 Å². The molecule has 1 unspecified atom stereocenters. The van der Waals surface area contributed by atoms with Crippen LogP contribution >= 0.6 is 0 Å². The van der Waals surface area contributed by atoms with Gasteiger partial charge in [-0.1, -0.05) is 18.2 Å². The van der Waals surface area contributed by atoms with Gasteiger partial charge in [0.05, 0.1) is 25.3 Å². The van der Waals surface area contributed by atoms with Gasteiger partial charge in [-0.3, -0.25) is 4.79 Å². The highest BCUT2D eigenvalue weighted by Crippen LogP contribution is 2.31. The molecule has 32 heavy (non-hydrogen) atoms. The van der Waals surface area contributed by atoms with Gasteiger partial charge in [0.15, 0.2) is 0 Å². The van der Waals surface area contributed by atoms with Gasteiger partial charge in [-0.05, 0) is 31.4 Å². The molecule has 5 rings (SSSR count). The quantitative estimate of drug-likeness (QED) is 0.591. The maximum atomic E-state index is 12.9. The molecule has 0 radical (unpaired) electrons. The molecular weight excluding hydrogens is 404 g/mol. The van der Waals surface area contributed by atoms with Crippen LogP contribution < -0.4 is 25.0 Å². The molecule has 0 bridgehead atoms. The summed E-state index contributed by atoms with van der Waals surface area (Å²) >= 11 is 0. The number of pyridine rings is 1. The summed E-state index contributed by atoms with van der Waals surface area (Å²) in [5, 5.41) is 7.55. The van der Waals surface area contributed by atoms with Crippen LogP contribution in [0.25, 0.3) is 10.9 Å². The Morgan fingerprint density at radius 3 is 2.47 bits per heavy atom. The molecule has 2 fully saturated rings. The Bertz CT molecular complexity index is 1120. The second kappa shape index (κ2) is 8.57. The lowest BCUT2D eigenvalue weighted by Crippen LogP contribution is -2.28. The van der Waals surface area contributed by atoms with Crippen LogP contribution in [0.15, 0.2) is 48.5 Å². The first-order valence-electron chi connectivity index (χ1n) is 11.1. The Hall–Kier alpha value is -3.48. The molecule has 3 aromatic rings.